The molecule has 0 aliphatic rings. The molecule has 3 rings (SSSR count). The topological polar surface area (TPSA) is 88.9 Å². The van der Waals surface area contributed by atoms with E-state index in [1.807, 2.05) is 30.3 Å². The third kappa shape index (κ3) is 5.41. The van der Waals surface area contributed by atoms with E-state index in [2.05, 4.69) is 20.8 Å². The minimum Gasteiger partial charge on any atom is -0.358 e. The Balaban J connectivity index is 1.82. The maximum atomic E-state index is 14.3. The molecule has 0 atom stereocenters. The van der Waals surface area contributed by atoms with Gasteiger partial charge in [-0.2, -0.15) is 0 Å². The van der Waals surface area contributed by atoms with Crippen LogP contribution in [0.25, 0.3) is 11.4 Å². The molecule has 150 valence electrons. The molecule has 0 spiro atoms. The number of benzene rings is 2. The molecule has 7 nitrogen and oxygen atoms in total. The first kappa shape index (κ1) is 20.5. The Morgan fingerprint density at radius 2 is 1.76 bits per heavy atom. The summed E-state index contributed by atoms with van der Waals surface area (Å²) in [5.74, 6) is -0.534. The molecule has 0 saturated carbocycles. The number of nitrogens with one attached hydrogen (secondary N) is 2. The summed E-state index contributed by atoms with van der Waals surface area (Å²) in [6, 6.07) is 16.0. The molecule has 2 N–H and O–H groups in total. The SMILES string of the molecule is CNC(=O)CNC(=O)CSc1nnc(-c2ccccc2F)n1Cc1ccccc1. The van der Waals surface area contributed by atoms with Crippen LogP contribution in [0.1, 0.15) is 5.56 Å². The second-order valence-electron chi connectivity index (χ2n) is 6.10. The van der Waals surface area contributed by atoms with Gasteiger partial charge >= 0.3 is 0 Å². The molecule has 2 amide bonds. The number of hydrogen-bond donors (Lipinski definition) is 2. The zero-order valence-electron chi connectivity index (χ0n) is 15.8. The van der Waals surface area contributed by atoms with Crippen molar-refractivity contribution in [2.75, 3.05) is 19.3 Å². The van der Waals surface area contributed by atoms with Crippen LogP contribution in [-0.4, -0.2) is 45.9 Å². The van der Waals surface area contributed by atoms with Crippen molar-refractivity contribution in [1.82, 2.24) is 25.4 Å². The number of hydrogen-bond acceptors (Lipinski definition) is 5. The van der Waals surface area contributed by atoms with Crippen molar-refractivity contribution < 1.29 is 14.0 Å². The first-order chi connectivity index (χ1) is 14.1. The summed E-state index contributed by atoms with van der Waals surface area (Å²) in [6.07, 6.45) is 0. The number of halogens is 1. The molecule has 0 bridgehead atoms. The van der Waals surface area contributed by atoms with E-state index in [4.69, 9.17) is 0 Å². The zero-order valence-corrected chi connectivity index (χ0v) is 16.6. The number of thioether (sulfide) groups is 1. The standard InChI is InChI=1S/C20H20FN5O2S/c1-22-17(27)11-23-18(28)13-29-20-25-24-19(15-9-5-6-10-16(15)21)26(20)12-14-7-3-2-4-8-14/h2-10H,11-13H2,1H3,(H,22,27)(H,23,28). The fourth-order valence-corrected chi connectivity index (χ4v) is 3.36. The molecule has 2 aromatic carbocycles. The van der Waals surface area contributed by atoms with Gasteiger partial charge in [-0.25, -0.2) is 4.39 Å². The number of carbonyl (C=O) groups excluding carboxylic acids is 2. The lowest BCUT2D eigenvalue weighted by Crippen LogP contribution is -2.36. The molecule has 0 unspecified atom stereocenters. The van der Waals surface area contributed by atoms with E-state index in [-0.39, 0.29) is 24.1 Å². The van der Waals surface area contributed by atoms with E-state index < -0.39 is 5.82 Å². The Morgan fingerprint density at radius 1 is 1.03 bits per heavy atom. The van der Waals surface area contributed by atoms with Crippen LogP contribution < -0.4 is 10.6 Å². The second-order valence-corrected chi connectivity index (χ2v) is 7.04. The van der Waals surface area contributed by atoms with Gasteiger partial charge in [0, 0.05) is 7.05 Å². The van der Waals surface area contributed by atoms with Gasteiger partial charge < -0.3 is 10.6 Å². The fraction of sp³-hybridized carbons (Fsp3) is 0.200. The monoisotopic (exact) mass is 413 g/mol. The van der Waals surface area contributed by atoms with E-state index >= 15 is 0 Å². The largest absolute Gasteiger partial charge is 0.358 e. The molecule has 0 saturated heterocycles. The summed E-state index contributed by atoms with van der Waals surface area (Å²) in [5, 5.41) is 13.8. The van der Waals surface area contributed by atoms with Gasteiger partial charge in [-0.1, -0.05) is 54.2 Å². The normalized spacial score (nSPS) is 10.6. The number of likely N-dealkylation sites (N-methyl/N-ethyl adjacent to an activating group) is 1. The summed E-state index contributed by atoms with van der Waals surface area (Å²) in [7, 11) is 1.50. The Hall–Kier alpha value is -3.20. The van der Waals surface area contributed by atoms with Crippen LogP contribution in [0.2, 0.25) is 0 Å². The summed E-state index contributed by atoms with van der Waals surface area (Å²) in [4.78, 5) is 23.3. The zero-order chi connectivity index (χ0) is 20.6. The van der Waals surface area contributed by atoms with Crippen molar-refractivity contribution in [3.8, 4) is 11.4 Å². The lowest BCUT2D eigenvalue weighted by molar-refractivity contribution is -0.124. The fourth-order valence-electron chi connectivity index (χ4n) is 2.59. The maximum absolute atomic E-state index is 14.3. The molecule has 0 aliphatic heterocycles. The number of aromatic nitrogens is 3. The summed E-state index contributed by atoms with van der Waals surface area (Å²) in [6.45, 7) is 0.340. The van der Waals surface area contributed by atoms with Gasteiger partial charge in [-0.15, -0.1) is 10.2 Å². The number of rotatable bonds is 8. The molecular formula is C20H20FN5O2S. The van der Waals surface area contributed by atoms with Gasteiger partial charge in [-0.05, 0) is 17.7 Å². The average molecular weight is 413 g/mol. The Bertz CT molecular complexity index is 994. The molecule has 1 aromatic heterocycles. The van der Waals surface area contributed by atoms with Crippen molar-refractivity contribution in [2.24, 2.45) is 0 Å². The highest BCUT2D eigenvalue weighted by molar-refractivity contribution is 7.99. The summed E-state index contributed by atoms with van der Waals surface area (Å²) >= 11 is 1.18. The van der Waals surface area contributed by atoms with Crippen LogP contribution in [0, 0.1) is 5.82 Å². The molecule has 29 heavy (non-hydrogen) atoms. The van der Waals surface area contributed by atoms with Crippen LogP contribution in [0.5, 0.6) is 0 Å². The van der Waals surface area contributed by atoms with E-state index in [1.165, 1.54) is 24.9 Å². The smallest absolute Gasteiger partial charge is 0.239 e. The maximum Gasteiger partial charge on any atom is 0.239 e. The van der Waals surface area contributed by atoms with Gasteiger partial charge in [-0.3, -0.25) is 14.2 Å². The van der Waals surface area contributed by atoms with Crippen molar-refractivity contribution in [1.29, 1.82) is 0 Å². The minimum absolute atomic E-state index is 0.0567. The van der Waals surface area contributed by atoms with Crippen LogP contribution in [-0.2, 0) is 16.1 Å². The average Bonchev–Trinajstić information content (AvgIpc) is 3.13. The van der Waals surface area contributed by atoms with Gasteiger partial charge in [0.1, 0.15) is 5.82 Å². The quantitative estimate of drug-likeness (QED) is 0.552. The van der Waals surface area contributed by atoms with Crippen LogP contribution in [0.15, 0.2) is 59.8 Å². The predicted octanol–water partition coefficient (Wildman–Crippen LogP) is 2.09. The number of carbonyl (C=O) groups is 2. The van der Waals surface area contributed by atoms with E-state index in [0.717, 1.165) is 5.56 Å². The van der Waals surface area contributed by atoms with E-state index in [1.54, 1.807) is 22.8 Å². The van der Waals surface area contributed by atoms with Gasteiger partial charge in [0.05, 0.1) is 24.4 Å². The van der Waals surface area contributed by atoms with Crippen molar-refractivity contribution in [3.63, 3.8) is 0 Å². The van der Waals surface area contributed by atoms with Crippen molar-refractivity contribution in [3.05, 3.63) is 66.0 Å². The van der Waals surface area contributed by atoms with E-state index in [9.17, 15) is 14.0 Å². The molecule has 3 aromatic rings. The van der Waals surface area contributed by atoms with Gasteiger partial charge in [0.2, 0.25) is 11.8 Å². The molecule has 0 fully saturated rings. The summed E-state index contributed by atoms with van der Waals surface area (Å²) < 4.78 is 16.1. The first-order valence-corrected chi connectivity index (χ1v) is 9.89. The van der Waals surface area contributed by atoms with Crippen molar-refractivity contribution in [2.45, 2.75) is 11.7 Å². The lowest BCUT2D eigenvalue weighted by atomic mass is 10.2. The van der Waals surface area contributed by atoms with Gasteiger partial charge in [0.15, 0.2) is 11.0 Å². The van der Waals surface area contributed by atoms with Crippen LogP contribution in [0.4, 0.5) is 4.39 Å². The highest BCUT2D eigenvalue weighted by Gasteiger charge is 2.18. The Kier molecular flexibility index (Phi) is 6.96. The highest BCUT2D eigenvalue weighted by Crippen LogP contribution is 2.26. The lowest BCUT2D eigenvalue weighted by Gasteiger charge is -2.11. The molecular weight excluding hydrogens is 393 g/mol. The van der Waals surface area contributed by atoms with Crippen molar-refractivity contribution >= 4 is 23.6 Å². The molecule has 0 aliphatic carbocycles. The number of nitrogens with zero attached hydrogens (tertiary/aromatic N) is 3. The van der Waals surface area contributed by atoms with Crippen LogP contribution >= 0.6 is 11.8 Å². The molecule has 0 radical (unpaired) electrons. The van der Waals surface area contributed by atoms with Gasteiger partial charge in [0.25, 0.3) is 0 Å². The molecule has 9 heteroatoms. The summed E-state index contributed by atoms with van der Waals surface area (Å²) in [5.41, 5.74) is 1.34. The molecule has 1 heterocycles. The minimum atomic E-state index is -0.394. The Labute approximate surface area is 171 Å². The Morgan fingerprint density at radius 3 is 2.48 bits per heavy atom. The van der Waals surface area contributed by atoms with Crippen LogP contribution in [0.3, 0.4) is 0 Å². The second kappa shape index (κ2) is 9.83. The van der Waals surface area contributed by atoms with E-state index in [0.29, 0.717) is 23.1 Å². The number of amides is 2. The third-order valence-electron chi connectivity index (χ3n) is 4.07. The third-order valence-corrected chi connectivity index (χ3v) is 5.04. The predicted molar refractivity (Wildman–Crippen MR) is 109 cm³/mol. The first-order valence-electron chi connectivity index (χ1n) is 8.90. The highest BCUT2D eigenvalue weighted by atomic mass is 32.2.